The Labute approximate surface area is 173 Å². The molecule has 2 aromatic rings. The van der Waals surface area contributed by atoms with Crippen molar-refractivity contribution in [3.05, 3.63) is 64.2 Å². The second kappa shape index (κ2) is 9.43. The Bertz CT molecular complexity index is 846. The third-order valence-electron chi connectivity index (χ3n) is 5.56. The highest BCUT2D eigenvalue weighted by Crippen LogP contribution is 2.30. The highest BCUT2D eigenvalue weighted by atomic mass is 35.5. The molecular formula is C23H28ClN3O. The molecule has 2 atom stereocenters. The molecule has 1 fully saturated rings. The van der Waals surface area contributed by atoms with Gasteiger partial charge in [-0.15, -0.1) is 0 Å². The molecule has 1 saturated heterocycles. The van der Waals surface area contributed by atoms with Gasteiger partial charge in [-0.2, -0.15) is 5.26 Å². The maximum Gasteiger partial charge on any atom is 0.101 e. The van der Waals surface area contributed by atoms with Crippen molar-refractivity contribution >= 4 is 17.3 Å². The fraction of sp³-hybridized carbons (Fsp3) is 0.435. The van der Waals surface area contributed by atoms with E-state index in [4.69, 9.17) is 11.6 Å². The van der Waals surface area contributed by atoms with E-state index in [0.29, 0.717) is 16.6 Å². The van der Waals surface area contributed by atoms with Crippen LogP contribution in [-0.4, -0.2) is 41.8 Å². The van der Waals surface area contributed by atoms with Gasteiger partial charge in [-0.1, -0.05) is 35.9 Å². The van der Waals surface area contributed by atoms with Crippen LogP contribution in [0.5, 0.6) is 0 Å². The molecule has 2 aromatic carbocycles. The minimum atomic E-state index is -0.264. The van der Waals surface area contributed by atoms with Gasteiger partial charge < -0.3 is 14.9 Å². The molecule has 1 heterocycles. The summed E-state index contributed by atoms with van der Waals surface area (Å²) in [5.74, 6) is 0. The maximum absolute atomic E-state index is 9.59. The van der Waals surface area contributed by atoms with Gasteiger partial charge in [0, 0.05) is 37.9 Å². The zero-order valence-corrected chi connectivity index (χ0v) is 17.4. The predicted octanol–water partition coefficient (Wildman–Crippen LogP) is 4.37. The molecule has 1 unspecified atom stereocenters. The van der Waals surface area contributed by atoms with E-state index < -0.39 is 0 Å². The van der Waals surface area contributed by atoms with Crippen molar-refractivity contribution in [2.75, 3.05) is 24.5 Å². The highest BCUT2D eigenvalue weighted by molar-refractivity contribution is 6.32. The van der Waals surface area contributed by atoms with Gasteiger partial charge >= 0.3 is 0 Å². The van der Waals surface area contributed by atoms with Crippen molar-refractivity contribution in [1.29, 1.82) is 5.26 Å². The Kier molecular flexibility index (Phi) is 6.96. The van der Waals surface area contributed by atoms with Crippen molar-refractivity contribution in [2.45, 2.75) is 45.4 Å². The van der Waals surface area contributed by atoms with Crippen molar-refractivity contribution in [3.63, 3.8) is 0 Å². The molecule has 5 heteroatoms. The molecule has 1 aliphatic rings. The third kappa shape index (κ3) is 5.05. The first-order chi connectivity index (χ1) is 13.5. The normalized spacial score (nSPS) is 18.0. The van der Waals surface area contributed by atoms with Crippen molar-refractivity contribution in [1.82, 2.24) is 4.90 Å². The van der Waals surface area contributed by atoms with Gasteiger partial charge in [0.05, 0.1) is 16.7 Å². The summed E-state index contributed by atoms with van der Waals surface area (Å²) in [4.78, 5) is 4.84. The fourth-order valence-electron chi connectivity index (χ4n) is 3.81. The summed E-state index contributed by atoms with van der Waals surface area (Å²) >= 11 is 6.34. The second-order valence-electron chi connectivity index (χ2n) is 7.71. The van der Waals surface area contributed by atoms with Gasteiger partial charge in [-0.3, -0.25) is 0 Å². The Balaban J connectivity index is 1.84. The smallest absolute Gasteiger partial charge is 0.101 e. The summed E-state index contributed by atoms with van der Waals surface area (Å²) in [6, 6.07) is 16.7. The first-order valence-corrected chi connectivity index (χ1v) is 10.3. The highest BCUT2D eigenvalue weighted by Gasteiger charge is 2.28. The Morgan fingerprint density at radius 2 is 2.11 bits per heavy atom. The predicted molar refractivity (Wildman–Crippen MR) is 115 cm³/mol. The van der Waals surface area contributed by atoms with E-state index in [0.717, 1.165) is 44.7 Å². The molecular weight excluding hydrogens is 370 g/mol. The fourth-order valence-corrected chi connectivity index (χ4v) is 4.03. The summed E-state index contributed by atoms with van der Waals surface area (Å²) in [6.07, 6.45) is 1.61. The molecule has 0 spiro atoms. The summed E-state index contributed by atoms with van der Waals surface area (Å²) in [5, 5.41) is 19.3. The van der Waals surface area contributed by atoms with Crippen molar-refractivity contribution in [2.24, 2.45) is 0 Å². The number of nitrogens with zero attached hydrogens (tertiary/aromatic N) is 3. The van der Waals surface area contributed by atoms with Crippen LogP contribution in [0.15, 0.2) is 42.5 Å². The zero-order chi connectivity index (χ0) is 20.1. The average molecular weight is 398 g/mol. The van der Waals surface area contributed by atoms with E-state index >= 15 is 0 Å². The lowest BCUT2D eigenvalue weighted by molar-refractivity contribution is 0.164. The van der Waals surface area contributed by atoms with E-state index in [1.165, 1.54) is 11.1 Å². The number of nitriles is 1. The quantitative estimate of drug-likeness (QED) is 0.753. The Morgan fingerprint density at radius 3 is 2.79 bits per heavy atom. The molecule has 1 aliphatic heterocycles. The number of aliphatic hydroxyl groups excluding tert-OH is 1. The van der Waals surface area contributed by atoms with E-state index in [-0.39, 0.29) is 6.10 Å². The maximum atomic E-state index is 9.59. The molecule has 148 valence electrons. The molecule has 0 aromatic heterocycles. The molecule has 0 bridgehead atoms. The Morgan fingerprint density at radius 1 is 1.32 bits per heavy atom. The molecule has 28 heavy (non-hydrogen) atoms. The first kappa shape index (κ1) is 20.7. The molecule has 0 radical (unpaired) electrons. The van der Waals surface area contributed by atoms with E-state index in [2.05, 4.69) is 47.1 Å². The van der Waals surface area contributed by atoms with Gasteiger partial charge in [-0.25, -0.2) is 0 Å². The molecule has 3 rings (SSSR count). The number of aliphatic hydroxyl groups is 1. The van der Waals surface area contributed by atoms with Crippen LogP contribution in [0.4, 0.5) is 5.69 Å². The standard InChI is InChI=1S/C23H28ClN3O/c1-17-5-3-4-6-20(17)15-27(21-8-7-19(14-25)23(24)13-21)22-10-12-26(16-22)11-9-18(2)28/h3-8,13,18,22,28H,9-12,15-16H2,1-2H3/t18?,22-/m0/s1. The van der Waals surface area contributed by atoms with E-state index in [1.807, 2.05) is 25.1 Å². The van der Waals surface area contributed by atoms with Gasteiger partial charge in [0.1, 0.15) is 6.07 Å². The monoisotopic (exact) mass is 397 g/mol. The molecule has 0 saturated carbocycles. The third-order valence-corrected chi connectivity index (χ3v) is 5.87. The van der Waals surface area contributed by atoms with Crippen LogP contribution in [-0.2, 0) is 6.54 Å². The van der Waals surface area contributed by atoms with E-state index in [9.17, 15) is 10.4 Å². The minimum Gasteiger partial charge on any atom is -0.393 e. The van der Waals surface area contributed by atoms with Crippen LogP contribution in [0.2, 0.25) is 5.02 Å². The number of likely N-dealkylation sites (tertiary alicyclic amines) is 1. The summed E-state index contributed by atoms with van der Waals surface area (Å²) in [5.41, 5.74) is 4.13. The topological polar surface area (TPSA) is 50.5 Å². The molecule has 0 amide bonds. The van der Waals surface area contributed by atoms with Crippen molar-refractivity contribution < 1.29 is 5.11 Å². The largest absolute Gasteiger partial charge is 0.393 e. The van der Waals surface area contributed by atoms with Gasteiger partial charge in [0.25, 0.3) is 0 Å². The number of anilines is 1. The van der Waals surface area contributed by atoms with Crippen LogP contribution < -0.4 is 4.90 Å². The van der Waals surface area contributed by atoms with Crippen molar-refractivity contribution in [3.8, 4) is 6.07 Å². The second-order valence-corrected chi connectivity index (χ2v) is 8.12. The Hall–Kier alpha value is -2.06. The number of rotatable bonds is 7. The summed E-state index contributed by atoms with van der Waals surface area (Å²) in [7, 11) is 0. The SMILES string of the molecule is Cc1ccccc1CN(c1ccc(C#N)c(Cl)c1)[C@H]1CCN(CCC(C)O)C1. The molecule has 4 nitrogen and oxygen atoms in total. The molecule has 1 N–H and O–H groups in total. The lowest BCUT2D eigenvalue weighted by atomic mass is 10.1. The van der Waals surface area contributed by atoms with E-state index in [1.54, 1.807) is 0 Å². The van der Waals surface area contributed by atoms with Gasteiger partial charge in [0.15, 0.2) is 0 Å². The average Bonchev–Trinajstić information content (AvgIpc) is 3.14. The van der Waals surface area contributed by atoms with Gasteiger partial charge in [0.2, 0.25) is 0 Å². The van der Waals surface area contributed by atoms with Gasteiger partial charge in [-0.05, 0) is 56.0 Å². The minimum absolute atomic E-state index is 0.264. The van der Waals surface area contributed by atoms with Crippen LogP contribution in [0.25, 0.3) is 0 Å². The number of halogens is 1. The van der Waals surface area contributed by atoms with Crippen LogP contribution >= 0.6 is 11.6 Å². The van der Waals surface area contributed by atoms with Crippen LogP contribution in [0.3, 0.4) is 0 Å². The summed E-state index contributed by atoms with van der Waals surface area (Å²) < 4.78 is 0. The van der Waals surface area contributed by atoms with Crippen LogP contribution in [0, 0.1) is 18.3 Å². The number of hydrogen-bond donors (Lipinski definition) is 1. The lowest BCUT2D eigenvalue weighted by Crippen LogP contribution is -2.38. The zero-order valence-electron chi connectivity index (χ0n) is 16.6. The summed E-state index contributed by atoms with van der Waals surface area (Å²) in [6.45, 7) is 7.71. The number of aryl methyl sites for hydroxylation is 1. The number of hydrogen-bond acceptors (Lipinski definition) is 4. The number of benzene rings is 2. The van der Waals surface area contributed by atoms with Crippen LogP contribution in [0.1, 0.15) is 36.5 Å². The lowest BCUT2D eigenvalue weighted by Gasteiger charge is -2.32. The molecule has 0 aliphatic carbocycles. The first-order valence-electron chi connectivity index (χ1n) is 9.89.